The molecule has 2 aromatic rings. The third-order valence-electron chi connectivity index (χ3n) is 4.98. The quantitative estimate of drug-likeness (QED) is 0.752. The number of nitrogens with zero attached hydrogens (tertiary/aromatic N) is 4. The van der Waals surface area contributed by atoms with Gasteiger partial charge in [0.2, 0.25) is 5.91 Å². The van der Waals surface area contributed by atoms with Gasteiger partial charge in [-0.2, -0.15) is 0 Å². The molecule has 1 aliphatic heterocycles. The molecule has 0 saturated carbocycles. The van der Waals surface area contributed by atoms with E-state index in [1.807, 2.05) is 35.5 Å². The smallest absolute Gasteiger partial charge is 0.224 e. The summed E-state index contributed by atoms with van der Waals surface area (Å²) in [6.07, 6.45) is 5.21. The Bertz CT molecular complexity index is 721. The fraction of sp³-hybridized carbons (Fsp3) is 0.476. The van der Waals surface area contributed by atoms with Crippen LogP contribution in [0, 0.1) is 0 Å². The molecular formula is C21H28N4O2. The van der Waals surface area contributed by atoms with Crippen LogP contribution in [0.3, 0.4) is 0 Å². The van der Waals surface area contributed by atoms with Crippen molar-refractivity contribution in [1.82, 2.24) is 19.8 Å². The Kier molecular flexibility index (Phi) is 6.90. The largest absolute Gasteiger partial charge is 0.377 e. The average molecular weight is 368 g/mol. The second-order valence-corrected chi connectivity index (χ2v) is 6.99. The van der Waals surface area contributed by atoms with Crippen LogP contribution >= 0.6 is 0 Å². The van der Waals surface area contributed by atoms with Gasteiger partial charge in [0, 0.05) is 63.7 Å². The lowest BCUT2D eigenvalue weighted by molar-refractivity contribution is -0.133. The zero-order chi connectivity index (χ0) is 19.1. The second kappa shape index (κ2) is 9.58. The lowest BCUT2D eigenvalue weighted by atomic mass is 10.1. The minimum absolute atomic E-state index is 0.217. The lowest BCUT2D eigenvalue weighted by Crippen LogP contribution is -2.42. The molecule has 3 rings (SSSR count). The Morgan fingerprint density at radius 3 is 2.52 bits per heavy atom. The van der Waals surface area contributed by atoms with Crippen LogP contribution in [0.15, 0.2) is 42.7 Å². The summed E-state index contributed by atoms with van der Waals surface area (Å²) in [5.74, 6) is 0.924. The minimum Gasteiger partial charge on any atom is -0.377 e. The topological polar surface area (TPSA) is 58.6 Å². The summed E-state index contributed by atoms with van der Waals surface area (Å²) in [5, 5.41) is 0. The van der Waals surface area contributed by atoms with Crippen molar-refractivity contribution in [3.63, 3.8) is 0 Å². The molecule has 1 amide bonds. The van der Waals surface area contributed by atoms with Crippen LogP contribution in [0.2, 0.25) is 0 Å². The fourth-order valence-corrected chi connectivity index (χ4v) is 3.50. The second-order valence-electron chi connectivity index (χ2n) is 6.99. The van der Waals surface area contributed by atoms with Crippen molar-refractivity contribution >= 4 is 5.91 Å². The molecule has 1 unspecified atom stereocenters. The highest BCUT2D eigenvalue weighted by molar-refractivity contribution is 5.77. The van der Waals surface area contributed by atoms with Gasteiger partial charge in [-0.15, -0.1) is 0 Å². The van der Waals surface area contributed by atoms with E-state index in [9.17, 15) is 4.79 Å². The summed E-state index contributed by atoms with van der Waals surface area (Å²) in [6.45, 7) is 5.65. The van der Waals surface area contributed by atoms with Crippen molar-refractivity contribution in [2.75, 3.05) is 20.2 Å². The van der Waals surface area contributed by atoms with E-state index in [-0.39, 0.29) is 11.9 Å². The zero-order valence-corrected chi connectivity index (χ0v) is 16.2. The van der Waals surface area contributed by atoms with E-state index >= 15 is 0 Å². The number of benzene rings is 1. The average Bonchev–Trinajstić information content (AvgIpc) is 2.84. The monoisotopic (exact) mass is 368 g/mol. The molecule has 6 heteroatoms. The van der Waals surface area contributed by atoms with E-state index in [0.29, 0.717) is 25.4 Å². The first-order valence-corrected chi connectivity index (χ1v) is 9.54. The van der Waals surface area contributed by atoms with Crippen LogP contribution in [0.4, 0.5) is 0 Å². The van der Waals surface area contributed by atoms with Crippen molar-refractivity contribution in [2.24, 2.45) is 0 Å². The van der Waals surface area contributed by atoms with Crippen LogP contribution in [0.5, 0.6) is 0 Å². The minimum atomic E-state index is 0.217. The van der Waals surface area contributed by atoms with Gasteiger partial charge < -0.3 is 9.64 Å². The normalized spacial score (nSPS) is 18.5. The summed E-state index contributed by atoms with van der Waals surface area (Å²) in [6, 6.07) is 10.4. The Hall–Kier alpha value is -2.31. The van der Waals surface area contributed by atoms with E-state index in [4.69, 9.17) is 4.74 Å². The maximum atomic E-state index is 12.8. The molecule has 1 atom stereocenters. The first kappa shape index (κ1) is 19.5. The Labute approximate surface area is 161 Å². The van der Waals surface area contributed by atoms with Gasteiger partial charge in [-0.3, -0.25) is 9.69 Å². The number of rotatable bonds is 7. The lowest BCUT2D eigenvalue weighted by Gasteiger charge is -2.31. The van der Waals surface area contributed by atoms with Crippen LogP contribution in [0.1, 0.15) is 36.7 Å². The van der Waals surface area contributed by atoms with Crippen LogP contribution in [0.25, 0.3) is 0 Å². The highest BCUT2D eigenvalue weighted by atomic mass is 16.5. The number of amides is 1. The highest BCUT2D eigenvalue weighted by Crippen LogP contribution is 2.19. The molecule has 0 aliphatic carbocycles. The van der Waals surface area contributed by atoms with E-state index in [1.54, 1.807) is 7.11 Å². The summed E-state index contributed by atoms with van der Waals surface area (Å²) < 4.78 is 5.06. The van der Waals surface area contributed by atoms with Crippen molar-refractivity contribution in [3.05, 3.63) is 59.7 Å². The first-order valence-electron chi connectivity index (χ1n) is 9.54. The Balaban J connectivity index is 1.66. The molecule has 1 aromatic heterocycles. The third kappa shape index (κ3) is 5.34. The summed E-state index contributed by atoms with van der Waals surface area (Å²) >= 11 is 0. The van der Waals surface area contributed by atoms with Crippen molar-refractivity contribution in [1.29, 1.82) is 0 Å². The molecule has 144 valence electrons. The van der Waals surface area contributed by atoms with Gasteiger partial charge in [0.15, 0.2) is 5.82 Å². The number of carbonyl (C=O) groups excluding carboxylic acids is 1. The molecule has 0 N–H and O–H groups in total. The molecule has 0 spiro atoms. The molecule has 2 heterocycles. The van der Waals surface area contributed by atoms with Gasteiger partial charge in [-0.1, -0.05) is 37.3 Å². The van der Waals surface area contributed by atoms with Crippen LogP contribution in [-0.2, 0) is 29.2 Å². The molecule has 1 saturated heterocycles. The molecular weight excluding hydrogens is 340 g/mol. The van der Waals surface area contributed by atoms with Gasteiger partial charge in [0.25, 0.3) is 0 Å². The fourth-order valence-electron chi connectivity index (χ4n) is 3.50. The number of ether oxygens (including phenoxy) is 1. The highest BCUT2D eigenvalue weighted by Gasteiger charge is 2.28. The van der Waals surface area contributed by atoms with E-state index in [0.717, 1.165) is 31.6 Å². The maximum absolute atomic E-state index is 12.8. The van der Waals surface area contributed by atoms with Gasteiger partial charge in [-0.05, 0) is 12.0 Å². The number of carbonyl (C=O) groups is 1. The van der Waals surface area contributed by atoms with E-state index < -0.39 is 0 Å². The molecule has 27 heavy (non-hydrogen) atoms. The van der Waals surface area contributed by atoms with E-state index in [1.165, 1.54) is 5.56 Å². The molecule has 0 bridgehead atoms. The third-order valence-corrected chi connectivity index (χ3v) is 4.98. The SMILES string of the molecule is CCC1CN(Cc2cnc(COC)nc2)CCC(=O)N1Cc1ccccc1. The predicted molar refractivity (Wildman–Crippen MR) is 104 cm³/mol. The van der Waals surface area contributed by atoms with Gasteiger partial charge >= 0.3 is 0 Å². The number of methoxy groups -OCH3 is 1. The summed E-state index contributed by atoms with van der Waals surface area (Å²) in [7, 11) is 1.64. The number of hydrogen-bond donors (Lipinski definition) is 0. The van der Waals surface area contributed by atoms with Gasteiger partial charge in [0.05, 0.1) is 0 Å². The standard InChI is InChI=1S/C21H28N4O2/c1-3-19-15-24(13-18-11-22-20(16-27-2)23-12-18)10-9-21(26)25(19)14-17-7-5-4-6-8-17/h4-8,11-12,19H,3,9-10,13-16H2,1-2H3. The summed E-state index contributed by atoms with van der Waals surface area (Å²) in [5.41, 5.74) is 2.24. The van der Waals surface area contributed by atoms with Crippen LogP contribution in [-0.4, -0.2) is 51.9 Å². The summed E-state index contributed by atoms with van der Waals surface area (Å²) in [4.78, 5) is 25.8. The Morgan fingerprint density at radius 2 is 1.85 bits per heavy atom. The van der Waals surface area contributed by atoms with Crippen LogP contribution < -0.4 is 0 Å². The maximum Gasteiger partial charge on any atom is 0.224 e. The predicted octanol–water partition coefficient (Wildman–Crippen LogP) is 2.64. The molecule has 0 radical (unpaired) electrons. The Morgan fingerprint density at radius 1 is 1.11 bits per heavy atom. The molecule has 1 aromatic carbocycles. The molecule has 1 aliphatic rings. The van der Waals surface area contributed by atoms with Crippen molar-refractivity contribution < 1.29 is 9.53 Å². The number of aromatic nitrogens is 2. The molecule has 1 fully saturated rings. The zero-order valence-electron chi connectivity index (χ0n) is 16.2. The van der Waals surface area contributed by atoms with Crippen molar-refractivity contribution in [3.8, 4) is 0 Å². The van der Waals surface area contributed by atoms with Gasteiger partial charge in [-0.25, -0.2) is 9.97 Å². The van der Waals surface area contributed by atoms with E-state index in [2.05, 4.69) is 33.9 Å². The first-order chi connectivity index (χ1) is 13.2. The van der Waals surface area contributed by atoms with Crippen molar-refractivity contribution in [2.45, 2.75) is 45.5 Å². The number of hydrogen-bond acceptors (Lipinski definition) is 5. The molecule has 6 nitrogen and oxygen atoms in total. The van der Waals surface area contributed by atoms with Gasteiger partial charge in [0.1, 0.15) is 6.61 Å².